The molecule has 10 nitrogen and oxygen atoms in total. The number of hydrogen-bond acceptors (Lipinski definition) is 7. The van der Waals surface area contributed by atoms with E-state index in [1.165, 1.54) is 4.31 Å². The van der Waals surface area contributed by atoms with Gasteiger partial charge in [-0.25, -0.2) is 8.42 Å². The van der Waals surface area contributed by atoms with Gasteiger partial charge >= 0.3 is 0 Å². The van der Waals surface area contributed by atoms with Crippen molar-refractivity contribution in [2.75, 3.05) is 69.0 Å². The standard InChI is InChI=1S/C25H32N4O6S/c1-34-22-7-3-20(4-8-22)27-12-14-28(15-13-27)36(32,33)16-11-26-25(31)19-17-24(30)29(18-19)21-5-9-23(35-2)10-6-21/h3-10,19H,11-18H2,1-2H3,(H,26,31). The lowest BCUT2D eigenvalue weighted by molar-refractivity contribution is -0.126. The minimum Gasteiger partial charge on any atom is -0.497 e. The molecule has 4 rings (SSSR count). The predicted molar refractivity (Wildman–Crippen MR) is 137 cm³/mol. The number of carbonyl (C=O) groups is 2. The number of ether oxygens (including phenoxy) is 2. The molecule has 2 aliphatic heterocycles. The third-order valence-electron chi connectivity index (χ3n) is 6.61. The lowest BCUT2D eigenvalue weighted by Gasteiger charge is -2.35. The van der Waals surface area contributed by atoms with Crippen LogP contribution >= 0.6 is 0 Å². The molecule has 194 valence electrons. The Kier molecular flexibility index (Phi) is 8.00. The van der Waals surface area contributed by atoms with Crippen LogP contribution in [0.3, 0.4) is 0 Å². The first-order valence-corrected chi connectivity index (χ1v) is 13.5. The van der Waals surface area contributed by atoms with Crippen molar-refractivity contribution in [2.24, 2.45) is 5.92 Å². The third kappa shape index (κ3) is 5.90. The molecule has 2 amide bonds. The maximum atomic E-state index is 12.8. The predicted octanol–water partition coefficient (Wildman–Crippen LogP) is 1.32. The van der Waals surface area contributed by atoms with Crippen LogP contribution in [0, 0.1) is 5.92 Å². The molecule has 0 spiro atoms. The smallest absolute Gasteiger partial charge is 0.227 e. The highest BCUT2D eigenvalue weighted by Gasteiger charge is 2.35. The van der Waals surface area contributed by atoms with Gasteiger partial charge in [-0.05, 0) is 48.5 Å². The molecule has 2 saturated heterocycles. The SMILES string of the molecule is COc1ccc(N2CCN(S(=O)(=O)CCNC(=O)C3CC(=O)N(c4ccc(OC)cc4)C3)CC2)cc1. The summed E-state index contributed by atoms with van der Waals surface area (Å²) in [6.07, 6.45) is 0.0952. The first kappa shape index (κ1) is 25.8. The first-order chi connectivity index (χ1) is 17.3. The largest absolute Gasteiger partial charge is 0.497 e. The zero-order valence-electron chi connectivity index (χ0n) is 20.6. The molecule has 0 aliphatic carbocycles. The molecule has 36 heavy (non-hydrogen) atoms. The molecule has 1 unspecified atom stereocenters. The van der Waals surface area contributed by atoms with E-state index in [9.17, 15) is 18.0 Å². The van der Waals surface area contributed by atoms with Gasteiger partial charge in [0.15, 0.2) is 0 Å². The van der Waals surface area contributed by atoms with Crippen LogP contribution in [0.1, 0.15) is 6.42 Å². The highest BCUT2D eigenvalue weighted by atomic mass is 32.2. The maximum absolute atomic E-state index is 12.8. The molecule has 0 bridgehead atoms. The van der Waals surface area contributed by atoms with Crippen LogP contribution in [0.15, 0.2) is 48.5 Å². The first-order valence-electron chi connectivity index (χ1n) is 11.9. The molecule has 2 heterocycles. The Morgan fingerprint density at radius 2 is 1.47 bits per heavy atom. The topological polar surface area (TPSA) is 108 Å². The average Bonchev–Trinajstić information content (AvgIpc) is 3.30. The molecule has 0 radical (unpaired) electrons. The van der Waals surface area contributed by atoms with Gasteiger partial charge in [0.05, 0.1) is 25.9 Å². The monoisotopic (exact) mass is 516 g/mol. The van der Waals surface area contributed by atoms with Crippen molar-refractivity contribution in [3.05, 3.63) is 48.5 Å². The van der Waals surface area contributed by atoms with Crippen molar-refractivity contribution in [2.45, 2.75) is 6.42 Å². The second-order valence-electron chi connectivity index (χ2n) is 8.79. The maximum Gasteiger partial charge on any atom is 0.227 e. The fourth-order valence-corrected chi connectivity index (χ4v) is 5.83. The van der Waals surface area contributed by atoms with Gasteiger partial charge in [0.25, 0.3) is 0 Å². The van der Waals surface area contributed by atoms with E-state index in [1.807, 2.05) is 24.3 Å². The van der Waals surface area contributed by atoms with Gasteiger partial charge in [0.1, 0.15) is 11.5 Å². The zero-order valence-corrected chi connectivity index (χ0v) is 21.4. The molecule has 0 saturated carbocycles. The van der Waals surface area contributed by atoms with Gasteiger partial charge in [-0.15, -0.1) is 0 Å². The Hall–Kier alpha value is -3.31. The number of nitrogens with one attached hydrogen (secondary N) is 1. The molecule has 11 heteroatoms. The Morgan fingerprint density at radius 3 is 2.03 bits per heavy atom. The zero-order chi connectivity index (χ0) is 25.7. The summed E-state index contributed by atoms with van der Waals surface area (Å²) >= 11 is 0. The van der Waals surface area contributed by atoms with Gasteiger partial charge in [0.2, 0.25) is 21.8 Å². The van der Waals surface area contributed by atoms with Crippen molar-refractivity contribution in [3.8, 4) is 11.5 Å². The minimum absolute atomic E-state index is 0.00703. The van der Waals surface area contributed by atoms with Crippen LogP contribution < -0.4 is 24.6 Å². The van der Waals surface area contributed by atoms with Gasteiger partial charge < -0.3 is 24.6 Å². The number of carbonyl (C=O) groups excluding carboxylic acids is 2. The summed E-state index contributed by atoms with van der Waals surface area (Å²) in [7, 11) is -0.322. The Labute approximate surface area is 211 Å². The van der Waals surface area contributed by atoms with E-state index >= 15 is 0 Å². The third-order valence-corrected chi connectivity index (χ3v) is 8.48. The Balaban J connectivity index is 1.23. The highest BCUT2D eigenvalue weighted by molar-refractivity contribution is 7.89. The summed E-state index contributed by atoms with van der Waals surface area (Å²) in [5.74, 6) is 0.321. The summed E-state index contributed by atoms with van der Waals surface area (Å²) in [4.78, 5) is 28.8. The van der Waals surface area contributed by atoms with E-state index in [4.69, 9.17) is 9.47 Å². The van der Waals surface area contributed by atoms with Gasteiger partial charge in [0, 0.05) is 57.1 Å². The van der Waals surface area contributed by atoms with Gasteiger partial charge in [-0.1, -0.05) is 0 Å². The molecule has 0 aromatic heterocycles. The molecule has 2 aliphatic rings. The lowest BCUT2D eigenvalue weighted by Crippen LogP contribution is -2.50. The number of hydrogen-bond donors (Lipinski definition) is 1. The van der Waals surface area contributed by atoms with Crippen LogP contribution in [0.4, 0.5) is 11.4 Å². The quantitative estimate of drug-likeness (QED) is 0.536. The van der Waals surface area contributed by atoms with Crippen molar-refractivity contribution in [3.63, 3.8) is 0 Å². The van der Waals surface area contributed by atoms with Crippen molar-refractivity contribution in [1.82, 2.24) is 9.62 Å². The number of anilines is 2. The van der Waals surface area contributed by atoms with E-state index < -0.39 is 15.9 Å². The molecule has 2 aromatic rings. The fraction of sp³-hybridized carbons (Fsp3) is 0.440. The summed E-state index contributed by atoms with van der Waals surface area (Å²) < 4.78 is 37.4. The number of methoxy groups -OCH3 is 2. The lowest BCUT2D eigenvalue weighted by atomic mass is 10.1. The summed E-state index contributed by atoms with van der Waals surface area (Å²) in [5.41, 5.74) is 1.72. The van der Waals surface area contributed by atoms with Crippen LogP contribution in [0.2, 0.25) is 0 Å². The number of benzene rings is 2. The number of rotatable bonds is 9. The molecular formula is C25H32N4O6S. The minimum atomic E-state index is -3.51. The number of sulfonamides is 1. The van der Waals surface area contributed by atoms with Gasteiger partial charge in [-0.2, -0.15) is 4.31 Å². The molecule has 1 N–H and O–H groups in total. The van der Waals surface area contributed by atoms with Crippen LogP contribution in [0.25, 0.3) is 0 Å². The number of nitrogens with zero attached hydrogens (tertiary/aromatic N) is 3. The van der Waals surface area contributed by atoms with E-state index in [-0.39, 0.29) is 37.1 Å². The van der Waals surface area contributed by atoms with Crippen LogP contribution in [0.5, 0.6) is 11.5 Å². The molecule has 2 fully saturated rings. The van der Waals surface area contributed by atoms with Crippen molar-refractivity contribution < 1.29 is 27.5 Å². The highest BCUT2D eigenvalue weighted by Crippen LogP contribution is 2.27. The van der Waals surface area contributed by atoms with E-state index in [0.717, 1.165) is 11.4 Å². The normalized spacial score (nSPS) is 18.8. The van der Waals surface area contributed by atoms with E-state index in [1.54, 1.807) is 43.4 Å². The summed E-state index contributed by atoms with van der Waals surface area (Å²) in [6, 6.07) is 14.8. The molecule has 1 atom stereocenters. The van der Waals surface area contributed by atoms with Crippen molar-refractivity contribution in [1.29, 1.82) is 0 Å². The molecular weight excluding hydrogens is 484 g/mol. The molecule has 2 aromatic carbocycles. The summed E-state index contributed by atoms with van der Waals surface area (Å²) in [5, 5.41) is 2.71. The second-order valence-corrected chi connectivity index (χ2v) is 10.9. The van der Waals surface area contributed by atoms with Crippen LogP contribution in [-0.2, 0) is 19.6 Å². The number of amides is 2. The average molecular weight is 517 g/mol. The Morgan fingerprint density at radius 1 is 0.917 bits per heavy atom. The van der Waals surface area contributed by atoms with Gasteiger partial charge in [-0.3, -0.25) is 9.59 Å². The van der Waals surface area contributed by atoms with E-state index in [0.29, 0.717) is 37.6 Å². The van der Waals surface area contributed by atoms with Crippen LogP contribution in [-0.4, -0.2) is 83.8 Å². The van der Waals surface area contributed by atoms with Crippen molar-refractivity contribution >= 4 is 33.2 Å². The fourth-order valence-electron chi connectivity index (χ4n) is 4.49. The van der Waals surface area contributed by atoms with E-state index in [2.05, 4.69) is 10.2 Å². The number of piperazine rings is 1. The Bertz CT molecular complexity index is 1160. The summed E-state index contributed by atoms with van der Waals surface area (Å²) in [6.45, 7) is 2.21. The second kappa shape index (κ2) is 11.2.